The SMILES string of the molecule is O=C(C1CC=CC1)N1CCC(O)(c2ccccc2Cl)CC1. The molecule has 112 valence electrons. The van der Waals surface area contributed by atoms with Gasteiger partial charge in [-0.05, 0) is 31.7 Å². The molecule has 1 amide bonds. The summed E-state index contributed by atoms with van der Waals surface area (Å²) < 4.78 is 0. The smallest absolute Gasteiger partial charge is 0.226 e. The Morgan fingerprint density at radius 2 is 1.81 bits per heavy atom. The summed E-state index contributed by atoms with van der Waals surface area (Å²) in [6.45, 7) is 1.19. The summed E-state index contributed by atoms with van der Waals surface area (Å²) in [6, 6.07) is 7.43. The van der Waals surface area contributed by atoms with Crippen LogP contribution >= 0.6 is 11.6 Å². The van der Waals surface area contributed by atoms with Crippen LogP contribution in [0.25, 0.3) is 0 Å². The molecule has 0 atom stereocenters. The molecule has 1 fully saturated rings. The van der Waals surface area contributed by atoms with Gasteiger partial charge in [-0.2, -0.15) is 0 Å². The third-order valence-electron chi connectivity index (χ3n) is 4.63. The first-order valence-corrected chi connectivity index (χ1v) is 7.89. The predicted octanol–water partition coefficient (Wildman–Crippen LogP) is 3.12. The van der Waals surface area contributed by atoms with Crippen LogP contribution < -0.4 is 0 Å². The molecule has 4 heteroatoms. The second-order valence-corrected chi connectivity index (χ2v) is 6.38. The van der Waals surface area contributed by atoms with E-state index in [0.29, 0.717) is 31.0 Å². The number of piperidine rings is 1. The first-order chi connectivity index (χ1) is 10.1. The van der Waals surface area contributed by atoms with Crippen LogP contribution in [0.4, 0.5) is 0 Å². The van der Waals surface area contributed by atoms with Crippen molar-refractivity contribution in [3.05, 3.63) is 47.0 Å². The van der Waals surface area contributed by atoms with Crippen LogP contribution in [0.5, 0.6) is 0 Å². The maximum atomic E-state index is 12.4. The number of carbonyl (C=O) groups excluding carboxylic acids is 1. The summed E-state index contributed by atoms with van der Waals surface area (Å²) in [5.74, 6) is 0.331. The Labute approximate surface area is 130 Å². The second kappa shape index (κ2) is 5.82. The van der Waals surface area contributed by atoms with E-state index in [9.17, 15) is 9.90 Å². The van der Waals surface area contributed by atoms with Gasteiger partial charge in [-0.3, -0.25) is 4.79 Å². The monoisotopic (exact) mass is 305 g/mol. The summed E-state index contributed by atoms with van der Waals surface area (Å²) >= 11 is 6.20. The van der Waals surface area contributed by atoms with Crippen molar-refractivity contribution >= 4 is 17.5 Å². The molecule has 1 aliphatic carbocycles. The lowest BCUT2D eigenvalue weighted by molar-refractivity contribution is -0.139. The number of hydrogen-bond acceptors (Lipinski definition) is 2. The zero-order valence-corrected chi connectivity index (χ0v) is 12.7. The first-order valence-electron chi connectivity index (χ1n) is 7.51. The summed E-state index contributed by atoms with van der Waals surface area (Å²) in [4.78, 5) is 14.3. The van der Waals surface area contributed by atoms with Gasteiger partial charge in [0.05, 0.1) is 5.60 Å². The Morgan fingerprint density at radius 3 is 2.43 bits per heavy atom. The highest BCUT2D eigenvalue weighted by molar-refractivity contribution is 6.31. The molecule has 1 heterocycles. The molecule has 0 saturated carbocycles. The molecule has 0 aromatic heterocycles. The average Bonchev–Trinajstić information content (AvgIpc) is 3.02. The quantitative estimate of drug-likeness (QED) is 0.853. The van der Waals surface area contributed by atoms with E-state index in [-0.39, 0.29) is 11.8 Å². The van der Waals surface area contributed by atoms with Crippen molar-refractivity contribution in [1.82, 2.24) is 4.90 Å². The third kappa shape index (κ3) is 2.85. The lowest BCUT2D eigenvalue weighted by Gasteiger charge is -2.39. The molecule has 0 spiro atoms. The van der Waals surface area contributed by atoms with Gasteiger partial charge in [-0.25, -0.2) is 0 Å². The van der Waals surface area contributed by atoms with Gasteiger partial charge in [-0.15, -0.1) is 0 Å². The number of carbonyl (C=O) groups is 1. The number of amides is 1. The lowest BCUT2D eigenvalue weighted by Crippen LogP contribution is -2.47. The van der Waals surface area contributed by atoms with Gasteiger partial charge in [0.15, 0.2) is 0 Å². The van der Waals surface area contributed by atoms with E-state index in [1.807, 2.05) is 23.1 Å². The number of likely N-dealkylation sites (tertiary alicyclic amines) is 1. The molecule has 3 nitrogen and oxygen atoms in total. The predicted molar refractivity (Wildman–Crippen MR) is 83.0 cm³/mol. The Balaban J connectivity index is 1.67. The molecule has 3 rings (SSSR count). The van der Waals surface area contributed by atoms with Crippen molar-refractivity contribution < 1.29 is 9.90 Å². The van der Waals surface area contributed by atoms with E-state index in [1.165, 1.54) is 0 Å². The van der Waals surface area contributed by atoms with Crippen molar-refractivity contribution in [2.24, 2.45) is 5.92 Å². The van der Waals surface area contributed by atoms with Crippen LogP contribution in [0.1, 0.15) is 31.2 Å². The van der Waals surface area contributed by atoms with Crippen LogP contribution in [0, 0.1) is 5.92 Å². The van der Waals surface area contributed by atoms with Gasteiger partial charge in [-0.1, -0.05) is 42.0 Å². The van der Waals surface area contributed by atoms with Gasteiger partial charge in [0.1, 0.15) is 0 Å². The number of benzene rings is 1. The average molecular weight is 306 g/mol. The molecule has 1 aromatic rings. The summed E-state index contributed by atoms with van der Waals surface area (Å²) in [5.41, 5.74) is -0.135. The van der Waals surface area contributed by atoms with Crippen molar-refractivity contribution in [3.63, 3.8) is 0 Å². The topological polar surface area (TPSA) is 40.5 Å². The summed E-state index contributed by atoms with van der Waals surface area (Å²) in [6.07, 6.45) is 6.94. The Bertz CT molecular complexity index is 554. The molecule has 1 N–H and O–H groups in total. The number of halogens is 1. The van der Waals surface area contributed by atoms with Crippen molar-refractivity contribution in [3.8, 4) is 0 Å². The number of rotatable bonds is 2. The van der Waals surface area contributed by atoms with Crippen molar-refractivity contribution in [1.29, 1.82) is 0 Å². The lowest BCUT2D eigenvalue weighted by atomic mass is 9.84. The number of aliphatic hydroxyl groups is 1. The van der Waals surface area contributed by atoms with Crippen LogP contribution in [0.2, 0.25) is 5.02 Å². The van der Waals surface area contributed by atoms with Gasteiger partial charge in [0.2, 0.25) is 5.91 Å². The Hall–Kier alpha value is -1.32. The standard InChI is InChI=1S/C17H20ClNO2/c18-15-8-4-3-7-14(15)17(21)9-11-19(12-10-17)16(20)13-5-1-2-6-13/h1-4,7-8,13,21H,5-6,9-12H2. The molecule has 21 heavy (non-hydrogen) atoms. The fourth-order valence-electron chi connectivity index (χ4n) is 3.28. The molecule has 0 radical (unpaired) electrons. The summed E-state index contributed by atoms with van der Waals surface area (Å²) in [5, 5.41) is 11.5. The van der Waals surface area contributed by atoms with Gasteiger partial charge >= 0.3 is 0 Å². The van der Waals surface area contributed by atoms with Gasteiger partial charge < -0.3 is 10.0 Å². The normalized spacial score (nSPS) is 21.7. The second-order valence-electron chi connectivity index (χ2n) is 5.98. The maximum Gasteiger partial charge on any atom is 0.226 e. The summed E-state index contributed by atoms with van der Waals surface area (Å²) in [7, 11) is 0. The molecule has 1 saturated heterocycles. The number of allylic oxidation sites excluding steroid dienone is 2. The molecule has 1 aromatic carbocycles. The van der Waals surface area contributed by atoms with Crippen molar-refractivity contribution in [2.75, 3.05) is 13.1 Å². The highest BCUT2D eigenvalue weighted by Crippen LogP contribution is 2.37. The fraction of sp³-hybridized carbons (Fsp3) is 0.471. The van der Waals surface area contributed by atoms with Crippen LogP contribution in [0.3, 0.4) is 0 Å². The highest BCUT2D eigenvalue weighted by Gasteiger charge is 2.37. The largest absolute Gasteiger partial charge is 0.385 e. The van der Waals surface area contributed by atoms with Gasteiger partial charge in [0.25, 0.3) is 0 Å². The molecular formula is C17H20ClNO2. The molecular weight excluding hydrogens is 286 g/mol. The zero-order valence-electron chi connectivity index (χ0n) is 12.0. The van der Waals surface area contributed by atoms with E-state index in [0.717, 1.165) is 18.4 Å². The van der Waals surface area contributed by atoms with Crippen molar-refractivity contribution in [2.45, 2.75) is 31.3 Å². The fourth-order valence-corrected chi connectivity index (χ4v) is 3.59. The van der Waals surface area contributed by atoms with E-state index in [2.05, 4.69) is 12.2 Å². The van der Waals surface area contributed by atoms with Gasteiger partial charge in [0, 0.05) is 29.6 Å². The number of nitrogens with zero attached hydrogens (tertiary/aromatic N) is 1. The van der Waals surface area contributed by atoms with Crippen LogP contribution in [0.15, 0.2) is 36.4 Å². The maximum absolute atomic E-state index is 12.4. The minimum atomic E-state index is -0.914. The Kier molecular flexibility index (Phi) is 4.05. The number of hydrogen-bond donors (Lipinski definition) is 1. The molecule has 0 unspecified atom stereocenters. The zero-order chi connectivity index (χ0) is 14.9. The van der Waals surface area contributed by atoms with Crippen LogP contribution in [-0.4, -0.2) is 29.0 Å². The minimum absolute atomic E-state index is 0.108. The third-order valence-corrected chi connectivity index (χ3v) is 4.96. The Morgan fingerprint density at radius 1 is 1.19 bits per heavy atom. The molecule has 1 aliphatic heterocycles. The van der Waals surface area contributed by atoms with E-state index in [1.54, 1.807) is 6.07 Å². The van der Waals surface area contributed by atoms with Crippen LogP contribution in [-0.2, 0) is 10.4 Å². The first kappa shape index (κ1) is 14.6. The van der Waals surface area contributed by atoms with E-state index < -0.39 is 5.60 Å². The van der Waals surface area contributed by atoms with E-state index in [4.69, 9.17) is 11.6 Å². The minimum Gasteiger partial charge on any atom is -0.385 e. The molecule has 2 aliphatic rings. The highest BCUT2D eigenvalue weighted by atomic mass is 35.5. The van der Waals surface area contributed by atoms with E-state index >= 15 is 0 Å². The molecule has 0 bridgehead atoms.